The van der Waals surface area contributed by atoms with Gasteiger partial charge in [-0.2, -0.15) is 0 Å². The lowest BCUT2D eigenvalue weighted by atomic mass is 9.79. The molecule has 3 aliphatic heterocycles. The molecule has 0 spiro atoms. The van der Waals surface area contributed by atoms with Crippen LogP contribution in [0.4, 0.5) is 5.69 Å². The Kier molecular flexibility index (Phi) is 8.92. The molecule has 2 aromatic carbocycles. The minimum Gasteiger partial charge on any atom is -0.312 e. The van der Waals surface area contributed by atoms with E-state index >= 15 is 0 Å². The Morgan fingerprint density at radius 1 is 0.956 bits per heavy atom. The van der Waals surface area contributed by atoms with E-state index in [9.17, 15) is 4.79 Å². The van der Waals surface area contributed by atoms with E-state index in [1.165, 1.54) is 5.69 Å². The average Bonchev–Trinajstić information content (AvgIpc) is 3.69. The molecule has 4 unspecified atom stereocenters. The van der Waals surface area contributed by atoms with Gasteiger partial charge in [0.25, 0.3) is 5.56 Å². The maximum atomic E-state index is 13.9. The molecule has 6 atom stereocenters. The van der Waals surface area contributed by atoms with Crippen molar-refractivity contribution in [2.24, 2.45) is 11.8 Å². The van der Waals surface area contributed by atoms with Crippen molar-refractivity contribution in [1.29, 1.82) is 0 Å². The number of hydrogen-bond donors (Lipinski definition) is 3. The Hall–Kier alpha value is -3.28. The number of fused-ring (bicyclic) bond motifs is 4. The first-order chi connectivity index (χ1) is 21.9. The van der Waals surface area contributed by atoms with Gasteiger partial charge < -0.3 is 15.6 Å². The summed E-state index contributed by atoms with van der Waals surface area (Å²) in [5.41, 5.74) is 6.74. The van der Waals surface area contributed by atoms with Gasteiger partial charge in [-0.25, -0.2) is 15.1 Å². The van der Waals surface area contributed by atoms with E-state index in [4.69, 9.17) is 28.2 Å². The predicted octanol–water partition coefficient (Wildman–Crippen LogP) is 4.88. The fraction of sp³-hybridized carbons (Fsp3) is 0.455. The largest absolute Gasteiger partial charge is 0.312 e. The molecule has 2 aromatic heterocycles. The number of rotatable bonds is 4. The molecule has 12 heteroatoms. The molecule has 3 N–H and O–H groups in total. The molecular weight excluding hydrogens is 609 g/mol. The van der Waals surface area contributed by atoms with E-state index in [1.54, 1.807) is 35.4 Å². The van der Waals surface area contributed by atoms with Crippen LogP contribution in [0.3, 0.4) is 0 Å². The Morgan fingerprint density at radius 2 is 1.82 bits per heavy atom. The first-order valence-electron chi connectivity index (χ1n) is 16.0. The third-order valence-corrected chi connectivity index (χ3v) is 10.1. The number of benzene rings is 2. The average molecular weight is 649 g/mol. The quantitative estimate of drug-likeness (QED) is 0.288. The molecular formula is C33H39Cl2N9O. The maximum absolute atomic E-state index is 13.9. The van der Waals surface area contributed by atoms with Crippen LogP contribution < -0.4 is 26.6 Å². The highest BCUT2D eigenvalue weighted by Gasteiger charge is 2.43. The van der Waals surface area contributed by atoms with Crippen LogP contribution in [0.2, 0.25) is 10.2 Å². The fourth-order valence-electron chi connectivity index (χ4n) is 7.52. The number of anilines is 1. The number of hydrogen-bond acceptors (Lipinski definition) is 8. The SMILES string of the molecule is C[C@@H]1CCC[C@H](n2cnc(-c3cc(Cl)ccc3-n3cc(Cl)nn3)cc2=O)C2CC(CCN2)C2C(CNN2c2ccccc2)NC1. The first kappa shape index (κ1) is 30.4. The Bertz CT molecular complexity index is 1680. The lowest BCUT2D eigenvalue weighted by Crippen LogP contribution is -2.55. The summed E-state index contributed by atoms with van der Waals surface area (Å²) >= 11 is 12.4. The summed E-state index contributed by atoms with van der Waals surface area (Å²) < 4.78 is 3.42. The minimum atomic E-state index is -0.0791. The van der Waals surface area contributed by atoms with E-state index in [1.807, 2.05) is 10.6 Å². The molecule has 3 saturated heterocycles. The zero-order valence-corrected chi connectivity index (χ0v) is 26.8. The number of halogens is 2. The van der Waals surface area contributed by atoms with Crippen molar-refractivity contribution in [3.8, 4) is 16.9 Å². The van der Waals surface area contributed by atoms with Crippen LogP contribution >= 0.6 is 23.2 Å². The molecule has 5 heterocycles. The number of nitrogens with one attached hydrogen (secondary N) is 3. The van der Waals surface area contributed by atoms with Crippen LogP contribution in [0.5, 0.6) is 0 Å². The summed E-state index contributed by atoms with van der Waals surface area (Å²) in [5.74, 6) is 0.987. The second-order valence-electron chi connectivity index (χ2n) is 12.7. The zero-order chi connectivity index (χ0) is 30.9. The second kappa shape index (κ2) is 13.2. The van der Waals surface area contributed by atoms with E-state index in [0.717, 1.165) is 51.7 Å². The molecule has 3 aliphatic rings. The van der Waals surface area contributed by atoms with E-state index < -0.39 is 0 Å². The van der Waals surface area contributed by atoms with Gasteiger partial charge in [-0.05, 0) is 80.9 Å². The van der Waals surface area contributed by atoms with Crippen LogP contribution in [0, 0.1) is 11.8 Å². The smallest absolute Gasteiger partial charge is 0.254 e. The van der Waals surface area contributed by atoms with Crippen molar-refractivity contribution in [1.82, 2.24) is 40.6 Å². The van der Waals surface area contributed by atoms with E-state index in [-0.39, 0.29) is 22.8 Å². The predicted molar refractivity (Wildman–Crippen MR) is 178 cm³/mol. The monoisotopic (exact) mass is 647 g/mol. The summed E-state index contributed by atoms with van der Waals surface area (Å²) in [6, 6.07) is 18.5. The maximum Gasteiger partial charge on any atom is 0.254 e. The lowest BCUT2D eigenvalue weighted by Gasteiger charge is -2.43. The summed E-state index contributed by atoms with van der Waals surface area (Å²) in [7, 11) is 0. The minimum absolute atomic E-state index is 0.00706. The summed E-state index contributed by atoms with van der Waals surface area (Å²) in [5, 5.41) is 19.0. The van der Waals surface area contributed by atoms with Crippen LogP contribution in [0.1, 0.15) is 45.1 Å². The van der Waals surface area contributed by atoms with Crippen molar-refractivity contribution in [2.45, 2.75) is 63.2 Å². The van der Waals surface area contributed by atoms with Gasteiger partial charge in [-0.1, -0.05) is 60.0 Å². The van der Waals surface area contributed by atoms with Crippen molar-refractivity contribution in [3.63, 3.8) is 0 Å². The van der Waals surface area contributed by atoms with Gasteiger partial charge in [0.1, 0.15) is 0 Å². The number of hydrazine groups is 1. The van der Waals surface area contributed by atoms with Gasteiger partial charge in [0.2, 0.25) is 0 Å². The van der Waals surface area contributed by atoms with Crippen LogP contribution in [0.25, 0.3) is 16.9 Å². The highest BCUT2D eigenvalue weighted by molar-refractivity contribution is 6.31. The molecule has 3 fully saturated rings. The topological polar surface area (TPSA) is 105 Å². The number of aromatic nitrogens is 5. The zero-order valence-electron chi connectivity index (χ0n) is 25.3. The standard InChI is InChI=1S/C33H39Cl2N9O/c1-21-6-5-9-30(27-14-22(12-13-36-27)33-28(37-17-21)18-39-44(33)24-7-3-2-4-8-24)42-20-38-26(16-32(42)45)25-15-23(34)10-11-29(25)43-19-31(35)40-41-43/h2-4,7-8,10-11,15-16,19-22,27-28,30,33,36-37,39H,5-6,9,12-14,17-18H2,1H3/t21-,22?,27?,28?,30+,33?/m1/s1. The Balaban J connectivity index is 1.21. The number of piperidine rings is 1. The van der Waals surface area contributed by atoms with Crippen LogP contribution in [0.15, 0.2) is 71.9 Å². The van der Waals surface area contributed by atoms with Crippen LogP contribution in [-0.2, 0) is 0 Å². The molecule has 2 bridgehead atoms. The molecule has 0 amide bonds. The third-order valence-electron chi connectivity index (χ3n) is 9.72. The van der Waals surface area contributed by atoms with Gasteiger partial charge in [-0.15, -0.1) is 5.10 Å². The molecule has 7 rings (SSSR count). The molecule has 0 saturated carbocycles. The first-order valence-corrected chi connectivity index (χ1v) is 16.7. The highest BCUT2D eigenvalue weighted by Crippen LogP contribution is 2.36. The molecule has 10 nitrogen and oxygen atoms in total. The number of para-hydroxylation sites is 1. The van der Waals surface area contributed by atoms with Gasteiger partial charge in [0, 0.05) is 35.3 Å². The van der Waals surface area contributed by atoms with Gasteiger partial charge in [-0.3, -0.25) is 9.36 Å². The van der Waals surface area contributed by atoms with Crippen molar-refractivity contribution >= 4 is 28.9 Å². The fourth-order valence-corrected chi connectivity index (χ4v) is 7.82. The lowest BCUT2D eigenvalue weighted by molar-refractivity contribution is 0.185. The van der Waals surface area contributed by atoms with Crippen molar-refractivity contribution < 1.29 is 0 Å². The van der Waals surface area contributed by atoms with Crippen LogP contribution in [-0.4, -0.2) is 62.3 Å². The second-order valence-corrected chi connectivity index (χ2v) is 13.5. The van der Waals surface area contributed by atoms with Gasteiger partial charge in [0.05, 0.1) is 41.7 Å². The van der Waals surface area contributed by atoms with Crippen molar-refractivity contribution in [3.05, 3.63) is 87.7 Å². The molecule has 236 valence electrons. The Labute approximate surface area is 273 Å². The molecule has 45 heavy (non-hydrogen) atoms. The summed E-state index contributed by atoms with van der Waals surface area (Å²) in [6.07, 6.45) is 8.45. The highest BCUT2D eigenvalue weighted by atomic mass is 35.5. The summed E-state index contributed by atoms with van der Waals surface area (Å²) in [4.78, 5) is 18.8. The summed E-state index contributed by atoms with van der Waals surface area (Å²) in [6.45, 7) is 5.13. The van der Waals surface area contributed by atoms with E-state index in [2.05, 4.69) is 68.6 Å². The normalized spacial score (nSPS) is 27.4. The van der Waals surface area contributed by atoms with Crippen molar-refractivity contribution in [2.75, 3.05) is 24.6 Å². The molecule has 0 radical (unpaired) electrons. The number of nitrogens with zero attached hydrogens (tertiary/aromatic N) is 6. The van der Waals surface area contributed by atoms with Gasteiger partial charge in [0.15, 0.2) is 5.15 Å². The molecule has 4 aromatic rings. The molecule has 0 aliphatic carbocycles. The third kappa shape index (κ3) is 6.39. The Morgan fingerprint density at radius 3 is 2.62 bits per heavy atom. The van der Waals surface area contributed by atoms with E-state index in [0.29, 0.717) is 45.9 Å². The van der Waals surface area contributed by atoms with Gasteiger partial charge >= 0.3 is 0 Å².